The summed E-state index contributed by atoms with van der Waals surface area (Å²) in [4.78, 5) is 12.1. The molecule has 3 nitrogen and oxygen atoms in total. The maximum Gasteiger partial charge on any atom is 0.417 e. The molecule has 2 aromatic carbocycles. The van der Waals surface area contributed by atoms with Crippen LogP contribution in [0.2, 0.25) is 5.02 Å². The first-order chi connectivity index (χ1) is 10.8. The predicted octanol–water partition coefficient (Wildman–Crippen LogP) is 4.33. The number of hydrogen-bond acceptors (Lipinski definition) is 2. The van der Waals surface area contributed by atoms with Crippen LogP contribution in [0.25, 0.3) is 0 Å². The molecule has 0 saturated carbocycles. The van der Waals surface area contributed by atoms with Gasteiger partial charge in [-0.2, -0.15) is 13.2 Å². The quantitative estimate of drug-likeness (QED) is 0.868. The van der Waals surface area contributed by atoms with Crippen LogP contribution in [-0.4, -0.2) is 13.0 Å². The summed E-state index contributed by atoms with van der Waals surface area (Å²) in [6.07, 6.45) is -4.58. The molecule has 0 bridgehead atoms. The maximum absolute atomic E-state index is 12.8. The van der Waals surface area contributed by atoms with E-state index in [1.54, 1.807) is 31.3 Å². The maximum atomic E-state index is 12.8. The molecule has 0 unspecified atom stereocenters. The van der Waals surface area contributed by atoms with Crippen molar-refractivity contribution in [3.63, 3.8) is 0 Å². The Hall–Kier alpha value is -2.05. The van der Waals surface area contributed by atoms with Crippen LogP contribution in [0, 0.1) is 0 Å². The van der Waals surface area contributed by atoms with E-state index in [9.17, 15) is 18.0 Å². The van der Waals surface area contributed by atoms with E-state index in [4.69, 9.17) is 11.6 Å². The molecule has 0 aliphatic rings. The Morgan fingerprint density at radius 2 is 1.78 bits per heavy atom. The number of halogens is 4. The van der Waals surface area contributed by atoms with Gasteiger partial charge < -0.3 is 10.6 Å². The Morgan fingerprint density at radius 1 is 1.13 bits per heavy atom. The molecule has 0 spiro atoms. The van der Waals surface area contributed by atoms with Crippen molar-refractivity contribution < 1.29 is 18.0 Å². The fourth-order valence-electron chi connectivity index (χ4n) is 2.00. The molecular weight excluding hydrogens is 329 g/mol. The van der Waals surface area contributed by atoms with Gasteiger partial charge in [0.2, 0.25) is 0 Å². The van der Waals surface area contributed by atoms with Crippen molar-refractivity contribution in [2.75, 3.05) is 12.4 Å². The van der Waals surface area contributed by atoms with Crippen molar-refractivity contribution in [3.8, 4) is 0 Å². The van der Waals surface area contributed by atoms with Gasteiger partial charge in [0.15, 0.2) is 0 Å². The van der Waals surface area contributed by atoms with E-state index in [2.05, 4.69) is 10.6 Å². The Bertz CT molecular complexity index is 699. The zero-order chi connectivity index (χ0) is 17.0. The summed E-state index contributed by atoms with van der Waals surface area (Å²) in [7, 11) is 1.80. The second kappa shape index (κ2) is 7.02. The molecule has 0 saturated heterocycles. The third-order valence-corrected chi connectivity index (χ3v) is 3.46. The van der Waals surface area contributed by atoms with Gasteiger partial charge in [0.25, 0.3) is 5.91 Å². The molecule has 122 valence electrons. The monoisotopic (exact) mass is 342 g/mol. The van der Waals surface area contributed by atoms with Gasteiger partial charge in [-0.25, -0.2) is 0 Å². The fraction of sp³-hybridized carbons (Fsp3) is 0.188. The minimum absolute atomic E-state index is 0.0334. The largest absolute Gasteiger partial charge is 0.417 e. The van der Waals surface area contributed by atoms with E-state index in [1.165, 1.54) is 6.07 Å². The molecule has 0 heterocycles. The topological polar surface area (TPSA) is 41.1 Å². The van der Waals surface area contributed by atoms with Crippen LogP contribution in [0.15, 0.2) is 42.5 Å². The van der Waals surface area contributed by atoms with E-state index in [-0.39, 0.29) is 5.69 Å². The summed E-state index contributed by atoms with van der Waals surface area (Å²) in [5.74, 6) is -0.489. The average Bonchev–Trinajstić information content (AvgIpc) is 2.49. The number of hydrogen-bond donors (Lipinski definition) is 2. The number of rotatable bonds is 4. The molecule has 2 rings (SSSR count). The summed E-state index contributed by atoms with van der Waals surface area (Å²) in [5, 5.41) is 5.00. The number of benzene rings is 2. The van der Waals surface area contributed by atoms with Crippen LogP contribution in [0.4, 0.5) is 18.9 Å². The van der Waals surface area contributed by atoms with Crippen LogP contribution in [-0.2, 0) is 12.7 Å². The molecule has 0 aliphatic heterocycles. The van der Waals surface area contributed by atoms with Crippen LogP contribution in [0.3, 0.4) is 0 Å². The molecular formula is C16H14ClF3N2O. The van der Waals surface area contributed by atoms with Crippen molar-refractivity contribution in [2.24, 2.45) is 0 Å². The van der Waals surface area contributed by atoms with E-state index in [0.29, 0.717) is 12.1 Å². The summed E-state index contributed by atoms with van der Waals surface area (Å²) in [6.45, 7) is 0.661. The number of carbonyl (C=O) groups excluding carboxylic acids is 1. The highest BCUT2D eigenvalue weighted by Gasteiger charge is 2.33. The second-order valence-electron chi connectivity index (χ2n) is 4.87. The molecule has 0 aliphatic carbocycles. The van der Waals surface area contributed by atoms with Crippen LogP contribution in [0.1, 0.15) is 21.5 Å². The van der Waals surface area contributed by atoms with E-state index < -0.39 is 22.7 Å². The molecule has 7 heteroatoms. The third kappa shape index (κ3) is 4.46. The third-order valence-electron chi connectivity index (χ3n) is 3.13. The zero-order valence-electron chi connectivity index (χ0n) is 12.2. The molecule has 2 aromatic rings. The molecule has 2 N–H and O–H groups in total. The highest BCUT2D eigenvalue weighted by atomic mass is 35.5. The van der Waals surface area contributed by atoms with E-state index >= 15 is 0 Å². The standard InChI is InChI=1S/C16H14ClF3N2O/c1-21-9-10-2-4-11(5-3-10)15(23)22-12-6-7-14(17)13(8-12)16(18,19)20/h2-8,21H,9H2,1H3,(H,22,23). The van der Waals surface area contributed by atoms with Gasteiger partial charge in [-0.15, -0.1) is 0 Å². The van der Waals surface area contributed by atoms with Crippen molar-refractivity contribution in [2.45, 2.75) is 12.7 Å². The molecule has 1 amide bonds. The number of anilines is 1. The molecule has 23 heavy (non-hydrogen) atoms. The second-order valence-corrected chi connectivity index (χ2v) is 5.28. The SMILES string of the molecule is CNCc1ccc(C(=O)Nc2ccc(Cl)c(C(F)(F)F)c2)cc1. The predicted molar refractivity (Wildman–Crippen MR) is 83.6 cm³/mol. The van der Waals surface area contributed by atoms with Gasteiger partial charge in [-0.3, -0.25) is 4.79 Å². The van der Waals surface area contributed by atoms with Gasteiger partial charge in [-0.05, 0) is 42.9 Å². The zero-order valence-corrected chi connectivity index (χ0v) is 12.9. The van der Waals surface area contributed by atoms with Crippen molar-refractivity contribution in [3.05, 3.63) is 64.2 Å². The average molecular weight is 343 g/mol. The van der Waals surface area contributed by atoms with E-state index in [0.717, 1.165) is 17.7 Å². The van der Waals surface area contributed by atoms with Crippen LogP contribution < -0.4 is 10.6 Å². The Morgan fingerprint density at radius 3 is 2.35 bits per heavy atom. The van der Waals surface area contributed by atoms with Gasteiger partial charge >= 0.3 is 6.18 Å². The number of nitrogens with one attached hydrogen (secondary N) is 2. The Labute approximate surface area is 136 Å². The lowest BCUT2D eigenvalue weighted by molar-refractivity contribution is -0.137. The van der Waals surface area contributed by atoms with Gasteiger partial charge in [0.1, 0.15) is 0 Å². The Balaban J connectivity index is 2.17. The lowest BCUT2D eigenvalue weighted by Gasteiger charge is -2.12. The van der Waals surface area contributed by atoms with Crippen molar-refractivity contribution in [1.82, 2.24) is 5.32 Å². The first-order valence-corrected chi connectivity index (χ1v) is 7.10. The van der Waals surface area contributed by atoms with Gasteiger partial charge in [0.05, 0.1) is 10.6 Å². The number of alkyl halides is 3. The first-order valence-electron chi connectivity index (χ1n) is 6.73. The van der Waals surface area contributed by atoms with Crippen molar-refractivity contribution in [1.29, 1.82) is 0 Å². The lowest BCUT2D eigenvalue weighted by atomic mass is 10.1. The fourth-order valence-corrected chi connectivity index (χ4v) is 2.23. The normalized spacial score (nSPS) is 11.3. The summed E-state index contributed by atoms with van der Waals surface area (Å²) in [5.41, 5.74) is 0.399. The minimum atomic E-state index is -4.58. The molecule has 0 radical (unpaired) electrons. The first kappa shape index (κ1) is 17.3. The number of amides is 1. The van der Waals surface area contributed by atoms with Gasteiger partial charge in [0, 0.05) is 17.8 Å². The van der Waals surface area contributed by atoms with E-state index in [1.807, 2.05) is 0 Å². The summed E-state index contributed by atoms with van der Waals surface area (Å²) >= 11 is 5.54. The summed E-state index contributed by atoms with van der Waals surface area (Å²) in [6, 6.07) is 10.0. The number of carbonyl (C=O) groups is 1. The highest BCUT2D eigenvalue weighted by molar-refractivity contribution is 6.31. The summed E-state index contributed by atoms with van der Waals surface area (Å²) < 4.78 is 38.4. The molecule has 0 atom stereocenters. The molecule has 0 fully saturated rings. The van der Waals surface area contributed by atoms with Crippen LogP contribution in [0.5, 0.6) is 0 Å². The molecule has 0 aromatic heterocycles. The van der Waals surface area contributed by atoms with Crippen molar-refractivity contribution >= 4 is 23.2 Å². The smallest absolute Gasteiger partial charge is 0.322 e. The highest BCUT2D eigenvalue weighted by Crippen LogP contribution is 2.36. The lowest BCUT2D eigenvalue weighted by Crippen LogP contribution is -2.14. The van der Waals surface area contributed by atoms with Gasteiger partial charge in [-0.1, -0.05) is 23.7 Å². The Kier molecular flexibility index (Phi) is 5.28. The van der Waals surface area contributed by atoms with Crippen LogP contribution >= 0.6 is 11.6 Å². The minimum Gasteiger partial charge on any atom is -0.322 e.